The number of para-hydroxylation sites is 1. The van der Waals surface area contributed by atoms with Crippen LogP contribution in [-0.2, 0) is 28.4 Å². The van der Waals surface area contributed by atoms with Gasteiger partial charge in [-0.05, 0) is 48.9 Å². The number of hydrogen-bond acceptors (Lipinski definition) is 9. The summed E-state index contributed by atoms with van der Waals surface area (Å²) < 4.78 is 47.2. The van der Waals surface area contributed by atoms with Gasteiger partial charge in [-0.15, -0.1) is 0 Å². The summed E-state index contributed by atoms with van der Waals surface area (Å²) in [6.07, 6.45) is 0.975. The highest BCUT2D eigenvalue weighted by Gasteiger charge is 2.46. The van der Waals surface area contributed by atoms with Crippen LogP contribution in [0.1, 0.15) is 35.1 Å². The lowest BCUT2D eigenvalue weighted by atomic mass is 10.0. The van der Waals surface area contributed by atoms with E-state index in [1.807, 2.05) is 18.2 Å². The Morgan fingerprint density at radius 1 is 1.15 bits per heavy atom. The summed E-state index contributed by atoms with van der Waals surface area (Å²) in [5, 5.41) is 10.1. The fourth-order valence-electron chi connectivity index (χ4n) is 7.20. The van der Waals surface area contributed by atoms with E-state index in [0.717, 1.165) is 17.9 Å². The smallest absolute Gasteiger partial charge is 0.335 e. The normalized spacial score (nSPS) is 25.2. The van der Waals surface area contributed by atoms with E-state index in [9.17, 15) is 14.3 Å². The molecule has 0 radical (unpaired) electrons. The van der Waals surface area contributed by atoms with Gasteiger partial charge in [0.15, 0.2) is 11.5 Å². The zero-order valence-corrected chi connectivity index (χ0v) is 26.7. The van der Waals surface area contributed by atoms with Gasteiger partial charge in [0.25, 0.3) is 5.79 Å². The summed E-state index contributed by atoms with van der Waals surface area (Å²) in [7, 11) is 1.53. The van der Waals surface area contributed by atoms with Crippen molar-refractivity contribution in [2.24, 2.45) is 0 Å². The molecule has 11 nitrogen and oxygen atoms in total. The van der Waals surface area contributed by atoms with Gasteiger partial charge in [0.2, 0.25) is 0 Å². The first-order valence-electron chi connectivity index (χ1n) is 15.7. The number of anilines is 1. The van der Waals surface area contributed by atoms with E-state index in [0.29, 0.717) is 79.3 Å². The average Bonchev–Trinajstić information content (AvgIpc) is 3.74. The Morgan fingerprint density at radius 3 is 2.72 bits per heavy atom. The second kappa shape index (κ2) is 11.6. The van der Waals surface area contributed by atoms with Crippen molar-refractivity contribution >= 4 is 34.3 Å². The predicted molar refractivity (Wildman–Crippen MR) is 170 cm³/mol. The van der Waals surface area contributed by atoms with Gasteiger partial charge in [0.05, 0.1) is 73.9 Å². The largest absolute Gasteiger partial charge is 0.494 e. The third-order valence-corrected chi connectivity index (χ3v) is 9.93. The zero-order valence-electron chi connectivity index (χ0n) is 25.9. The third-order valence-electron chi connectivity index (χ3n) is 9.70. The molecule has 13 heteroatoms. The number of ether oxygens (including phenoxy) is 5. The predicted octanol–water partition coefficient (Wildman–Crippen LogP) is 5.06. The lowest BCUT2D eigenvalue weighted by Crippen LogP contribution is -2.59. The van der Waals surface area contributed by atoms with E-state index >= 15 is 0 Å². The molecule has 1 aromatic heterocycles. The molecule has 3 aromatic carbocycles. The van der Waals surface area contributed by atoms with Crippen molar-refractivity contribution < 1.29 is 38.0 Å². The lowest BCUT2D eigenvalue weighted by molar-refractivity contribution is -0.0705. The fraction of sp³-hybridized carbons (Fsp3) is 0.412. The van der Waals surface area contributed by atoms with Gasteiger partial charge in [-0.25, -0.2) is 14.2 Å². The Balaban J connectivity index is 1.09. The quantitative estimate of drug-likeness (QED) is 0.275. The van der Waals surface area contributed by atoms with Crippen LogP contribution in [0.4, 0.5) is 10.1 Å². The molecular weight excluding hydrogens is 631 g/mol. The molecule has 4 atom stereocenters. The van der Waals surface area contributed by atoms with Crippen LogP contribution in [-0.4, -0.2) is 83.7 Å². The standard InChI is InChI=1S/C34H34ClFN4O7/c1-34(22-7-6-20(35)14-23(22)36)46-28-5-3-4-24(32(28)47-34)39-10-9-38(26-17-44-18-27(26)39)16-30-37-31-25(40(30)15-21-8-11-45-21)12-19(33(41)42)13-29(31)43-2/h3-7,12-14,21,26-27H,8-11,15-18H2,1-2H3,(H,41,42)/t21-,26+,27-,34-/m0/s1. The Kier molecular flexibility index (Phi) is 7.43. The number of piperazine rings is 1. The summed E-state index contributed by atoms with van der Waals surface area (Å²) in [5.74, 6) is -0.544. The molecule has 246 valence electrons. The van der Waals surface area contributed by atoms with Gasteiger partial charge in [-0.1, -0.05) is 17.7 Å². The minimum Gasteiger partial charge on any atom is -0.494 e. The molecular formula is C34H34ClFN4O7. The maximum atomic E-state index is 15.0. The summed E-state index contributed by atoms with van der Waals surface area (Å²) in [5.41, 5.74) is 2.61. The van der Waals surface area contributed by atoms with Crippen LogP contribution in [0.15, 0.2) is 48.5 Å². The van der Waals surface area contributed by atoms with Crippen molar-refractivity contribution in [1.29, 1.82) is 0 Å². The van der Waals surface area contributed by atoms with Crippen LogP contribution >= 0.6 is 11.6 Å². The molecule has 47 heavy (non-hydrogen) atoms. The van der Waals surface area contributed by atoms with Crippen molar-refractivity contribution in [3.8, 4) is 17.2 Å². The van der Waals surface area contributed by atoms with Crippen molar-refractivity contribution in [3.05, 3.63) is 76.3 Å². The number of carboxylic acid groups (broad SMARTS) is 1. The molecule has 0 unspecified atom stereocenters. The minimum absolute atomic E-state index is 0.0129. The van der Waals surface area contributed by atoms with Crippen LogP contribution in [0, 0.1) is 5.82 Å². The molecule has 3 fully saturated rings. The highest BCUT2D eigenvalue weighted by molar-refractivity contribution is 6.30. The molecule has 4 aliphatic heterocycles. The van der Waals surface area contributed by atoms with Crippen molar-refractivity contribution in [2.45, 2.75) is 50.4 Å². The maximum absolute atomic E-state index is 15.0. The number of hydrogen-bond donors (Lipinski definition) is 1. The third kappa shape index (κ3) is 5.14. The topological polar surface area (TPSA) is 108 Å². The highest BCUT2D eigenvalue weighted by atomic mass is 35.5. The maximum Gasteiger partial charge on any atom is 0.335 e. The molecule has 0 aliphatic carbocycles. The number of carbonyl (C=O) groups is 1. The number of methoxy groups -OCH3 is 1. The first-order chi connectivity index (χ1) is 22.7. The van der Waals surface area contributed by atoms with Crippen LogP contribution < -0.4 is 19.1 Å². The number of nitrogens with zero attached hydrogens (tertiary/aromatic N) is 4. The molecule has 0 bridgehead atoms. The SMILES string of the molecule is COc1cc(C(=O)O)cc2c1nc(CN1CCN(c3cccc4c3O[C@@](C)(c3ccc(Cl)cc3F)O4)[C@H]3COC[C@H]31)n2C[C@@H]1CCO1. The van der Waals surface area contributed by atoms with Crippen LogP contribution in [0.3, 0.4) is 0 Å². The number of aromatic nitrogens is 2. The first kappa shape index (κ1) is 30.2. The molecule has 1 N–H and O–H groups in total. The van der Waals surface area contributed by atoms with Gasteiger partial charge in [0.1, 0.15) is 22.9 Å². The van der Waals surface area contributed by atoms with Crippen molar-refractivity contribution in [1.82, 2.24) is 14.5 Å². The van der Waals surface area contributed by atoms with E-state index in [-0.39, 0.29) is 29.3 Å². The second-order valence-electron chi connectivity index (χ2n) is 12.5. The van der Waals surface area contributed by atoms with Crippen LogP contribution in [0.5, 0.6) is 17.2 Å². The number of carboxylic acids is 1. The van der Waals surface area contributed by atoms with Crippen molar-refractivity contribution in [2.75, 3.05) is 44.9 Å². The molecule has 8 rings (SSSR count). The number of rotatable bonds is 8. The highest BCUT2D eigenvalue weighted by Crippen LogP contribution is 2.51. The second-order valence-corrected chi connectivity index (χ2v) is 12.9. The molecule has 4 aliphatic rings. The van der Waals surface area contributed by atoms with E-state index in [1.54, 1.807) is 25.1 Å². The lowest BCUT2D eigenvalue weighted by Gasteiger charge is -2.44. The van der Waals surface area contributed by atoms with Gasteiger partial charge < -0.3 is 38.3 Å². The average molecular weight is 665 g/mol. The number of benzene rings is 3. The van der Waals surface area contributed by atoms with Gasteiger partial charge >= 0.3 is 5.97 Å². The van der Waals surface area contributed by atoms with E-state index in [1.165, 1.54) is 19.2 Å². The number of fused-ring (bicyclic) bond motifs is 3. The van der Waals surface area contributed by atoms with E-state index in [4.69, 9.17) is 40.3 Å². The molecule has 0 spiro atoms. The summed E-state index contributed by atoms with van der Waals surface area (Å²) in [6, 6.07) is 13.5. The number of aromatic carboxylic acids is 1. The Hall–Kier alpha value is -4.10. The molecule has 5 heterocycles. The fourth-order valence-corrected chi connectivity index (χ4v) is 7.36. The van der Waals surface area contributed by atoms with Gasteiger partial charge in [-0.3, -0.25) is 4.90 Å². The summed E-state index contributed by atoms with van der Waals surface area (Å²) >= 11 is 6.01. The van der Waals surface area contributed by atoms with E-state index in [2.05, 4.69) is 14.4 Å². The summed E-state index contributed by atoms with van der Waals surface area (Å²) in [4.78, 5) is 21.6. The van der Waals surface area contributed by atoms with Gasteiger partial charge in [-0.2, -0.15) is 0 Å². The number of imidazole rings is 1. The monoisotopic (exact) mass is 664 g/mol. The van der Waals surface area contributed by atoms with Gasteiger partial charge in [0, 0.05) is 31.6 Å². The van der Waals surface area contributed by atoms with Crippen LogP contribution in [0.25, 0.3) is 11.0 Å². The zero-order chi connectivity index (χ0) is 32.4. The Bertz CT molecular complexity index is 1880. The first-order valence-corrected chi connectivity index (χ1v) is 16.1. The molecule has 0 saturated carbocycles. The molecule has 4 aromatic rings. The molecule has 0 amide bonds. The van der Waals surface area contributed by atoms with E-state index < -0.39 is 17.6 Å². The van der Waals surface area contributed by atoms with Crippen LogP contribution in [0.2, 0.25) is 5.02 Å². The minimum atomic E-state index is -1.36. The Morgan fingerprint density at radius 2 is 1.98 bits per heavy atom. The summed E-state index contributed by atoms with van der Waals surface area (Å²) in [6.45, 7) is 5.97. The molecule has 3 saturated heterocycles. The Labute approximate surface area is 275 Å². The number of halogens is 2. The van der Waals surface area contributed by atoms with Crippen molar-refractivity contribution in [3.63, 3.8) is 0 Å².